The van der Waals surface area contributed by atoms with Gasteiger partial charge in [-0.25, -0.2) is 4.68 Å². The second-order valence-electron chi connectivity index (χ2n) is 5.18. The van der Waals surface area contributed by atoms with Gasteiger partial charge in [0.05, 0.1) is 6.20 Å². The summed E-state index contributed by atoms with van der Waals surface area (Å²) in [6.45, 7) is 0.592. The maximum absolute atomic E-state index is 12.1. The fourth-order valence-corrected chi connectivity index (χ4v) is 2.27. The van der Waals surface area contributed by atoms with Crippen molar-refractivity contribution < 1.29 is 9.53 Å². The first-order valence-corrected chi connectivity index (χ1v) is 7.65. The van der Waals surface area contributed by atoms with E-state index in [1.165, 1.54) is 0 Å². The Morgan fingerprint density at radius 1 is 1.38 bits per heavy atom. The van der Waals surface area contributed by atoms with E-state index in [-0.39, 0.29) is 12.6 Å². The van der Waals surface area contributed by atoms with Gasteiger partial charge < -0.3 is 10.1 Å². The average molecular weight is 346 g/mol. The first-order chi connectivity index (χ1) is 11.6. The summed E-state index contributed by atoms with van der Waals surface area (Å²) < 4.78 is 8.80. The van der Waals surface area contributed by atoms with Gasteiger partial charge >= 0.3 is 0 Å². The summed E-state index contributed by atoms with van der Waals surface area (Å²) >= 11 is 5.90. The maximum atomic E-state index is 12.1. The molecule has 0 saturated heterocycles. The van der Waals surface area contributed by atoms with Crippen molar-refractivity contribution >= 4 is 17.5 Å². The van der Waals surface area contributed by atoms with Gasteiger partial charge in [-0.05, 0) is 24.3 Å². The number of nitrogens with zero attached hydrogens (tertiary/aromatic N) is 4. The van der Waals surface area contributed by atoms with E-state index in [9.17, 15) is 4.79 Å². The first kappa shape index (κ1) is 16.1. The number of rotatable bonds is 6. The van der Waals surface area contributed by atoms with Crippen molar-refractivity contribution in [1.29, 1.82) is 0 Å². The van der Waals surface area contributed by atoms with Gasteiger partial charge in [0.1, 0.15) is 11.4 Å². The molecule has 3 rings (SSSR count). The Hall–Kier alpha value is -2.80. The van der Waals surface area contributed by atoms with Crippen LogP contribution in [0.4, 0.5) is 0 Å². The number of amides is 1. The zero-order valence-corrected chi connectivity index (χ0v) is 13.8. The molecule has 0 spiro atoms. The molecule has 124 valence electrons. The number of aromatic nitrogens is 4. The van der Waals surface area contributed by atoms with E-state index in [4.69, 9.17) is 16.3 Å². The molecule has 2 heterocycles. The first-order valence-electron chi connectivity index (χ1n) is 7.28. The molecule has 0 saturated carbocycles. The van der Waals surface area contributed by atoms with Crippen molar-refractivity contribution in [3.8, 4) is 5.75 Å². The Morgan fingerprint density at radius 3 is 3.00 bits per heavy atom. The van der Waals surface area contributed by atoms with Crippen LogP contribution in [-0.4, -0.2) is 25.5 Å². The average Bonchev–Trinajstić information content (AvgIpc) is 3.20. The molecule has 0 radical (unpaired) electrons. The van der Waals surface area contributed by atoms with Gasteiger partial charge in [0.25, 0.3) is 5.91 Å². The van der Waals surface area contributed by atoms with Crippen molar-refractivity contribution in [2.24, 2.45) is 7.05 Å². The lowest BCUT2D eigenvalue weighted by Gasteiger charge is -2.06. The van der Waals surface area contributed by atoms with Gasteiger partial charge in [0.2, 0.25) is 0 Å². The highest BCUT2D eigenvalue weighted by Crippen LogP contribution is 2.17. The Balaban J connectivity index is 1.53. The van der Waals surface area contributed by atoms with E-state index in [0.717, 1.165) is 5.56 Å². The van der Waals surface area contributed by atoms with Crippen LogP contribution in [0.25, 0.3) is 0 Å². The summed E-state index contributed by atoms with van der Waals surface area (Å²) in [6, 6.07) is 8.73. The number of halogens is 1. The molecule has 24 heavy (non-hydrogen) atoms. The van der Waals surface area contributed by atoms with Crippen molar-refractivity contribution in [2.45, 2.75) is 13.3 Å². The van der Waals surface area contributed by atoms with Crippen LogP contribution in [0.1, 0.15) is 16.1 Å². The van der Waals surface area contributed by atoms with Gasteiger partial charge in [-0.15, -0.1) is 0 Å². The number of ether oxygens (including phenoxy) is 1. The normalized spacial score (nSPS) is 10.6. The number of carbonyl (C=O) groups is 1. The summed E-state index contributed by atoms with van der Waals surface area (Å²) in [4.78, 5) is 12.1. The molecular formula is C16H16ClN5O2. The fraction of sp³-hybridized carbons (Fsp3) is 0.188. The number of nitrogens with one attached hydrogen (secondary N) is 1. The van der Waals surface area contributed by atoms with Crippen LogP contribution in [0, 0.1) is 0 Å². The van der Waals surface area contributed by atoms with Crippen LogP contribution in [0.5, 0.6) is 5.75 Å². The number of benzene rings is 1. The Bertz CT molecular complexity index is 842. The lowest BCUT2D eigenvalue weighted by Crippen LogP contribution is -2.23. The highest BCUT2D eigenvalue weighted by Gasteiger charge is 2.10. The summed E-state index contributed by atoms with van der Waals surface area (Å²) in [7, 11) is 1.83. The molecule has 7 nitrogen and oxygen atoms in total. The highest BCUT2D eigenvalue weighted by atomic mass is 35.5. The molecule has 0 atom stereocenters. The summed E-state index contributed by atoms with van der Waals surface area (Å²) in [5, 5.41) is 11.6. The minimum atomic E-state index is -0.250. The quantitative estimate of drug-likeness (QED) is 0.743. The smallest absolute Gasteiger partial charge is 0.272 e. The minimum Gasteiger partial charge on any atom is -0.471 e. The van der Waals surface area contributed by atoms with Crippen LogP contribution in [0.15, 0.2) is 48.9 Å². The van der Waals surface area contributed by atoms with Crippen LogP contribution in [0.2, 0.25) is 5.02 Å². The van der Waals surface area contributed by atoms with Crippen LogP contribution >= 0.6 is 11.6 Å². The zero-order valence-electron chi connectivity index (χ0n) is 13.0. The van der Waals surface area contributed by atoms with Gasteiger partial charge in [-0.3, -0.25) is 9.48 Å². The molecule has 1 aromatic carbocycles. The largest absolute Gasteiger partial charge is 0.471 e. The second-order valence-corrected chi connectivity index (χ2v) is 5.61. The summed E-state index contributed by atoms with van der Waals surface area (Å²) in [6.07, 6.45) is 5.24. The van der Waals surface area contributed by atoms with Crippen LogP contribution in [0.3, 0.4) is 0 Å². The molecule has 0 aliphatic heterocycles. The number of carbonyl (C=O) groups excluding carboxylic acids is 1. The van der Waals surface area contributed by atoms with E-state index in [1.54, 1.807) is 52.1 Å². The standard InChI is InChI=1S/C16H16ClN5O2/c1-21-10-12(9-19-21)8-18-16(23)15-5-6-22(20-15)11-24-14-4-2-3-13(17)7-14/h2-7,9-10H,8,11H2,1H3,(H,18,23). The van der Waals surface area contributed by atoms with Gasteiger partial charge in [0.15, 0.2) is 6.73 Å². The third kappa shape index (κ3) is 4.14. The zero-order chi connectivity index (χ0) is 16.9. The van der Waals surface area contributed by atoms with Gasteiger partial charge in [0, 0.05) is 36.6 Å². The predicted octanol–water partition coefficient (Wildman–Crippen LogP) is 2.24. The minimum absolute atomic E-state index is 0.191. The predicted molar refractivity (Wildman–Crippen MR) is 88.7 cm³/mol. The topological polar surface area (TPSA) is 74.0 Å². The Morgan fingerprint density at radius 2 is 2.25 bits per heavy atom. The molecule has 0 unspecified atom stereocenters. The van der Waals surface area contributed by atoms with Crippen molar-refractivity contribution in [1.82, 2.24) is 24.9 Å². The summed E-state index contributed by atoms with van der Waals surface area (Å²) in [5.74, 6) is 0.390. The summed E-state index contributed by atoms with van der Waals surface area (Å²) in [5.41, 5.74) is 1.25. The third-order valence-corrected chi connectivity index (χ3v) is 3.48. The van der Waals surface area contributed by atoms with Crippen molar-refractivity contribution in [2.75, 3.05) is 0 Å². The molecule has 0 aliphatic rings. The van der Waals surface area contributed by atoms with Crippen molar-refractivity contribution in [3.63, 3.8) is 0 Å². The van der Waals surface area contributed by atoms with Crippen LogP contribution in [-0.2, 0) is 20.3 Å². The molecule has 3 aromatic rings. The molecular weight excluding hydrogens is 330 g/mol. The molecule has 8 heteroatoms. The SMILES string of the molecule is Cn1cc(CNC(=O)c2ccn(COc3cccc(Cl)c3)n2)cn1. The van der Waals surface area contributed by atoms with E-state index >= 15 is 0 Å². The molecule has 0 aliphatic carbocycles. The van der Waals surface area contributed by atoms with Crippen LogP contribution < -0.4 is 10.1 Å². The molecule has 2 aromatic heterocycles. The van der Waals surface area contributed by atoms with E-state index in [1.807, 2.05) is 13.2 Å². The van der Waals surface area contributed by atoms with E-state index in [2.05, 4.69) is 15.5 Å². The number of aryl methyl sites for hydroxylation is 1. The maximum Gasteiger partial charge on any atom is 0.272 e. The molecule has 1 N–H and O–H groups in total. The molecule has 1 amide bonds. The number of hydrogen-bond donors (Lipinski definition) is 1. The van der Waals surface area contributed by atoms with Crippen molar-refractivity contribution in [3.05, 3.63) is 65.2 Å². The fourth-order valence-electron chi connectivity index (χ4n) is 2.09. The van der Waals surface area contributed by atoms with Gasteiger partial charge in [-0.1, -0.05) is 17.7 Å². The molecule has 0 bridgehead atoms. The van der Waals surface area contributed by atoms with Gasteiger partial charge in [-0.2, -0.15) is 10.2 Å². The van der Waals surface area contributed by atoms with E-state index in [0.29, 0.717) is 23.0 Å². The Kier molecular flexibility index (Phi) is 4.81. The third-order valence-electron chi connectivity index (χ3n) is 3.24. The molecule has 0 fully saturated rings. The second kappa shape index (κ2) is 7.18. The Labute approximate surface area is 143 Å². The highest BCUT2D eigenvalue weighted by molar-refractivity contribution is 6.30. The number of hydrogen-bond acceptors (Lipinski definition) is 4. The van der Waals surface area contributed by atoms with E-state index < -0.39 is 0 Å². The lowest BCUT2D eigenvalue weighted by atomic mass is 10.3. The monoisotopic (exact) mass is 345 g/mol. The lowest BCUT2D eigenvalue weighted by molar-refractivity contribution is 0.0944.